The summed E-state index contributed by atoms with van der Waals surface area (Å²) in [5, 5.41) is 25.2. The number of aryl methyl sites for hydroxylation is 1. The van der Waals surface area contributed by atoms with Crippen molar-refractivity contribution in [1.82, 2.24) is 5.32 Å². The van der Waals surface area contributed by atoms with E-state index in [0.717, 1.165) is 28.3 Å². The number of aliphatic imine (C=N–C) groups is 1. The summed E-state index contributed by atoms with van der Waals surface area (Å²) in [6, 6.07) is 4.28. The molecular weight excluding hydrogens is 455 g/mol. The number of phenols is 1. The van der Waals surface area contributed by atoms with Crippen molar-refractivity contribution in [2.24, 2.45) is 28.7 Å². The van der Waals surface area contributed by atoms with Crippen LogP contribution in [-0.2, 0) is 5.41 Å². The van der Waals surface area contributed by atoms with Crippen LogP contribution in [0.25, 0.3) is 0 Å². The molecule has 4 bridgehead atoms. The molecule has 5 aliphatic carbocycles. The summed E-state index contributed by atoms with van der Waals surface area (Å²) in [5.41, 5.74) is 3.38. The number of benzene rings is 1. The number of nitrogens with one attached hydrogen (secondary N) is 1. The maximum atomic E-state index is 11.3. The number of aromatic hydroxyl groups is 1. The van der Waals surface area contributed by atoms with Gasteiger partial charge in [0.25, 0.3) is 0 Å². The van der Waals surface area contributed by atoms with Crippen molar-refractivity contribution in [3.63, 3.8) is 0 Å². The normalized spacial score (nSPS) is 37.6. The van der Waals surface area contributed by atoms with Crippen molar-refractivity contribution in [2.75, 3.05) is 19.6 Å². The van der Waals surface area contributed by atoms with Crippen LogP contribution in [0.5, 0.6) is 5.75 Å². The monoisotopic (exact) mass is 490 g/mol. The molecule has 1 aromatic rings. The molecule has 6 rings (SSSR count). The van der Waals surface area contributed by atoms with E-state index in [2.05, 4.69) is 23.3 Å². The third-order valence-electron chi connectivity index (χ3n) is 8.52. The molecule has 0 aliphatic heterocycles. The minimum Gasteiger partial charge on any atom is -0.507 e. The van der Waals surface area contributed by atoms with Gasteiger partial charge in [-0.2, -0.15) is 0 Å². The number of rotatable bonds is 7. The van der Waals surface area contributed by atoms with Crippen LogP contribution in [0.4, 0.5) is 0 Å². The van der Waals surface area contributed by atoms with E-state index in [9.17, 15) is 10.2 Å². The van der Waals surface area contributed by atoms with Gasteiger partial charge in [0.15, 0.2) is 0 Å². The SMILES string of the molecule is Cc1cc(/C=N/CCNCC2C=C(Cl)CC(Cl)C2O)c(O)c(C23CC4CC(CC(C4)C2)C3)c1. The van der Waals surface area contributed by atoms with Crippen LogP contribution in [0.15, 0.2) is 28.2 Å². The lowest BCUT2D eigenvalue weighted by molar-refractivity contribution is -0.00616. The van der Waals surface area contributed by atoms with Gasteiger partial charge in [0, 0.05) is 47.8 Å². The standard InChI is InChI=1S/C27H36Cl2N2O2/c1-16-4-20(14-30-2-3-31-15-21-9-22(28)10-24(29)26(21)33)25(32)23(5-16)27-11-17-6-18(12-27)8-19(7-17)13-27/h4-5,9,14,17-19,21,24,26,31-33H,2-3,6-8,10-13,15H2,1H3/b30-14+. The molecule has 0 aromatic heterocycles. The number of allylic oxidation sites excluding steroid dienone is 1. The van der Waals surface area contributed by atoms with E-state index < -0.39 is 6.10 Å². The molecule has 3 unspecified atom stereocenters. The second kappa shape index (κ2) is 9.53. The molecular formula is C27H36Cl2N2O2. The number of nitrogens with zero attached hydrogens (tertiary/aromatic N) is 1. The summed E-state index contributed by atoms with van der Waals surface area (Å²) >= 11 is 12.3. The predicted molar refractivity (Wildman–Crippen MR) is 136 cm³/mol. The number of aliphatic hydroxyl groups is 1. The van der Waals surface area contributed by atoms with E-state index >= 15 is 0 Å². The number of halogens is 2. The fourth-order valence-corrected chi connectivity index (χ4v) is 8.24. The largest absolute Gasteiger partial charge is 0.507 e. The zero-order chi connectivity index (χ0) is 23.2. The fraction of sp³-hybridized carbons (Fsp3) is 0.667. The molecule has 6 heteroatoms. The third-order valence-corrected chi connectivity index (χ3v) is 9.21. The zero-order valence-corrected chi connectivity index (χ0v) is 21.0. The van der Waals surface area contributed by atoms with Gasteiger partial charge in [-0.25, -0.2) is 0 Å². The number of hydrogen-bond donors (Lipinski definition) is 3. The second-order valence-electron chi connectivity index (χ2n) is 11.2. The predicted octanol–water partition coefficient (Wildman–Crippen LogP) is 5.29. The van der Waals surface area contributed by atoms with E-state index in [1.165, 1.54) is 49.7 Å². The quantitative estimate of drug-likeness (QED) is 0.276. The van der Waals surface area contributed by atoms with Crippen molar-refractivity contribution in [3.8, 4) is 5.75 Å². The molecule has 0 heterocycles. The molecule has 180 valence electrons. The summed E-state index contributed by atoms with van der Waals surface area (Å²) in [6.07, 6.45) is 11.6. The molecule has 5 aliphatic rings. The van der Waals surface area contributed by atoms with Crippen LogP contribution in [0.3, 0.4) is 0 Å². The maximum Gasteiger partial charge on any atom is 0.128 e. The summed E-state index contributed by atoms with van der Waals surface area (Å²) in [4.78, 5) is 4.59. The number of phenolic OH excluding ortho intramolecular Hbond substituents is 1. The Hall–Kier alpha value is -1.07. The van der Waals surface area contributed by atoms with Gasteiger partial charge in [-0.05, 0) is 80.2 Å². The lowest BCUT2D eigenvalue weighted by atomic mass is 9.48. The molecule has 1 aromatic carbocycles. The smallest absolute Gasteiger partial charge is 0.128 e. The topological polar surface area (TPSA) is 64.9 Å². The van der Waals surface area contributed by atoms with Crippen LogP contribution in [0, 0.1) is 30.6 Å². The molecule has 3 N–H and O–H groups in total. The van der Waals surface area contributed by atoms with Gasteiger partial charge in [0.1, 0.15) is 5.75 Å². The third kappa shape index (κ3) is 4.87. The first-order valence-electron chi connectivity index (χ1n) is 12.6. The van der Waals surface area contributed by atoms with Crippen molar-refractivity contribution in [2.45, 2.75) is 68.8 Å². The summed E-state index contributed by atoms with van der Waals surface area (Å²) in [6.45, 7) is 4.03. The van der Waals surface area contributed by atoms with Crippen LogP contribution >= 0.6 is 23.2 Å². The Labute approximate surface area is 207 Å². The molecule has 0 radical (unpaired) electrons. The lowest BCUT2D eigenvalue weighted by Gasteiger charge is -2.57. The molecule has 0 saturated heterocycles. The van der Waals surface area contributed by atoms with E-state index in [-0.39, 0.29) is 16.7 Å². The van der Waals surface area contributed by atoms with Crippen LogP contribution < -0.4 is 5.32 Å². The first-order valence-corrected chi connectivity index (χ1v) is 13.4. The van der Waals surface area contributed by atoms with E-state index in [0.29, 0.717) is 31.8 Å². The van der Waals surface area contributed by atoms with Crippen LogP contribution in [0.1, 0.15) is 61.6 Å². The Bertz CT molecular complexity index is 909. The Morgan fingerprint density at radius 2 is 1.82 bits per heavy atom. The maximum absolute atomic E-state index is 11.3. The lowest BCUT2D eigenvalue weighted by Crippen LogP contribution is -2.48. The Morgan fingerprint density at radius 3 is 2.48 bits per heavy atom. The molecule has 4 nitrogen and oxygen atoms in total. The molecule has 3 atom stereocenters. The molecule has 0 amide bonds. The fourth-order valence-electron chi connectivity index (χ4n) is 7.48. The molecule has 4 fully saturated rings. The van der Waals surface area contributed by atoms with Gasteiger partial charge in [-0.3, -0.25) is 4.99 Å². The highest BCUT2D eigenvalue weighted by molar-refractivity contribution is 6.31. The number of alkyl halides is 1. The van der Waals surface area contributed by atoms with Gasteiger partial charge >= 0.3 is 0 Å². The van der Waals surface area contributed by atoms with Crippen LogP contribution in [0.2, 0.25) is 0 Å². The van der Waals surface area contributed by atoms with Gasteiger partial charge in [0.2, 0.25) is 0 Å². The van der Waals surface area contributed by atoms with Crippen molar-refractivity contribution in [1.29, 1.82) is 0 Å². The first kappa shape index (κ1) is 23.7. The number of hydrogen-bond acceptors (Lipinski definition) is 4. The Morgan fingerprint density at radius 1 is 1.15 bits per heavy atom. The van der Waals surface area contributed by atoms with E-state index in [4.69, 9.17) is 23.2 Å². The minimum atomic E-state index is -0.586. The van der Waals surface area contributed by atoms with Gasteiger partial charge in [0.05, 0.1) is 18.0 Å². The minimum absolute atomic E-state index is 0.0821. The van der Waals surface area contributed by atoms with Gasteiger partial charge < -0.3 is 15.5 Å². The first-order chi connectivity index (χ1) is 15.8. The van der Waals surface area contributed by atoms with Crippen molar-refractivity contribution in [3.05, 3.63) is 39.9 Å². The highest BCUT2D eigenvalue weighted by Gasteiger charge is 2.52. The van der Waals surface area contributed by atoms with E-state index in [1.54, 1.807) is 0 Å². The highest BCUT2D eigenvalue weighted by atomic mass is 35.5. The highest BCUT2D eigenvalue weighted by Crippen LogP contribution is 2.62. The Kier molecular flexibility index (Phi) is 6.83. The van der Waals surface area contributed by atoms with Crippen molar-refractivity contribution < 1.29 is 10.2 Å². The molecule has 0 spiro atoms. The van der Waals surface area contributed by atoms with Gasteiger partial charge in [-0.1, -0.05) is 23.7 Å². The van der Waals surface area contributed by atoms with Crippen molar-refractivity contribution >= 4 is 29.4 Å². The van der Waals surface area contributed by atoms with Crippen LogP contribution in [-0.4, -0.2) is 47.5 Å². The zero-order valence-electron chi connectivity index (χ0n) is 19.4. The molecule has 33 heavy (non-hydrogen) atoms. The average Bonchev–Trinajstić information content (AvgIpc) is 2.74. The average molecular weight is 492 g/mol. The number of aliphatic hydroxyl groups excluding tert-OH is 1. The Balaban J connectivity index is 1.21. The van der Waals surface area contributed by atoms with E-state index in [1.807, 2.05) is 18.4 Å². The summed E-state index contributed by atoms with van der Waals surface area (Å²) in [5.74, 6) is 2.90. The molecule has 4 saturated carbocycles. The summed E-state index contributed by atoms with van der Waals surface area (Å²) in [7, 11) is 0. The second-order valence-corrected chi connectivity index (χ2v) is 12.2. The van der Waals surface area contributed by atoms with Gasteiger partial charge in [-0.15, -0.1) is 11.6 Å². The summed E-state index contributed by atoms with van der Waals surface area (Å²) < 4.78 is 0.